The summed E-state index contributed by atoms with van der Waals surface area (Å²) in [5.74, 6) is 0.239. The normalized spacial score (nSPS) is 18.2. The molecule has 0 atom stereocenters. The minimum atomic E-state index is 0.239. The molecule has 2 rings (SSSR count). The molecule has 0 radical (unpaired) electrons. The van der Waals surface area contributed by atoms with Gasteiger partial charge in [-0.15, -0.1) is 0 Å². The van der Waals surface area contributed by atoms with E-state index in [1.54, 1.807) is 0 Å². The first kappa shape index (κ1) is 12.4. The molecule has 0 unspecified atom stereocenters. The second kappa shape index (κ2) is 5.52. The van der Waals surface area contributed by atoms with E-state index in [1.165, 1.54) is 5.56 Å². The molecule has 0 aliphatic carbocycles. The number of hydrogen-bond acceptors (Lipinski definition) is 2. The van der Waals surface area contributed by atoms with Crippen LogP contribution >= 0.6 is 11.6 Å². The number of likely N-dealkylation sites (N-methyl/N-ethyl adjacent to an activating group) is 1. The largest absolute Gasteiger partial charge is 0.344 e. The predicted octanol–water partition coefficient (Wildman–Crippen LogP) is 2.00. The molecule has 92 valence electrons. The van der Waals surface area contributed by atoms with Crippen molar-refractivity contribution in [2.75, 3.05) is 26.7 Å². The molecule has 0 saturated carbocycles. The number of halogens is 1. The molecule has 0 aromatic heterocycles. The molecule has 1 amide bonds. The van der Waals surface area contributed by atoms with Crippen molar-refractivity contribution in [3.63, 3.8) is 0 Å². The van der Waals surface area contributed by atoms with Gasteiger partial charge < -0.3 is 4.90 Å². The number of hydrogen-bond donors (Lipinski definition) is 0. The lowest BCUT2D eigenvalue weighted by atomic mass is 10.2. The first-order valence-corrected chi connectivity index (χ1v) is 6.24. The molecule has 1 heterocycles. The van der Waals surface area contributed by atoms with Gasteiger partial charge in [-0.25, -0.2) is 0 Å². The maximum Gasteiger partial charge on any atom is 0.223 e. The Morgan fingerprint density at radius 1 is 1.18 bits per heavy atom. The average molecular weight is 253 g/mol. The molecule has 0 bridgehead atoms. The Morgan fingerprint density at radius 3 is 2.59 bits per heavy atom. The van der Waals surface area contributed by atoms with Crippen LogP contribution in [0.1, 0.15) is 12.0 Å². The van der Waals surface area contributed by atoms with Crippen molar-refractivity contribution in [3.8, 4) is 0 Å². The van der Waals surface area contributed by atoms with Gasteiger partial charge in [0.1, 0.15) is 0 Å². The highest BCUT2D eigenvalue weighted by Gasteiger charge is 2.17. The van der Waals surface area contributed by atoms with E-state index in [9.17, 15) is 4.79 Å². The van der Waals surface area contributed by atoms with Gasteiger partial charge in [0, 0.05) is 44.7 Å². The fourth-order valence-corrected chi connectivity index (χ4v) is 2.10. The smallest absolute Gasteiger partial charge is 0.223 e. The minimum Gasteiger partial charge on any atom is -0.344 e. The van der Waals surface area contributed by atoms with Crippen LogP contribution in [0.5, 0.6) is 0 Å². The highest BCUT2D eigenvalue weighted by molar-refractivity contribution is 6.30. The van der Waals surface area contributed by atoms with Gasteiger partial charge in [0.2, 0.25) is 5.91 Å². The lowest BCUT2D eigenvalue weighted by Gasteiger charge is -2.19. The van der Waals surface area contributed by atoms with Crippen molar-refractivity contribution in [3.05, 3.63) is 34.9 Å². The quantitative estimate of drug-likeness (QED) is 0.804. The van der Waals surface area contributed by atoms with Gasteiger partial charge in [0.05, 0.1) is 0 Å². The topological polar surface area (TPSA) is 23.6 Å². The Bertz CT molecular complexity index is 391. The summed E-state index contributed by atoms with van der Waals surface area (Å²) >= 11 is 5.85. The summed E-state index contributed by atoms with van der Waals surface area (Å²) in [5.41, 5.74) is 1.24. The van der Waals surface area contributed by atoms with Crippen LogP contribution in [0.15, 0.2) is 24.3 Å². The molecular weight excluding hydrogens is 236 g/mol. The fourth-order valence-electron chi connectivity index (χ4n) is 1.98. The number of benzene rings is 1. The second-order valence-electron chi connectivity index (χ2n) is 4.47. The standard InChI is InChI=1S/C13H17ClN2O/c1-15-8-9-16(7-6-13(15)17)10-11-2-4-12(14)5-3-11/h2-5H,6-10H2,1H3. The van der Waals surface area contributed by atoms with Crippen molar-refractivity contribution in [1.82, 2.24) is 9.80 Å². The molecule has 1 aromatic rings. The van der Waals surface area contributed by atoms with E-state index in [1.807, 2.05) is 36.2 Å². The number of carbonyl (C=O) groups is 1. The Kier molecular flexibility index (Phi) is 4.02. The fraction of sp³-hybridized carbons (Fsp3) is 0.462. The van der Waals surface area contributed by atoms with E-state index in [2.05, 4.69) is 4.90 Å². The first-order valence-electron chi connectivity index (χ1n) is 5.86. The summed E-state index contributed by atoms with van der Waals surface area (Å²) in [7, 11) is 1.87. The Labute approximate surface area is 107 Å². The summed E-state index contributed by atoms with van der Waals surface area (Å²) in [4.78, 5) is 15.7. The van der Waals surface area contributed by atoms with Crippen LogP contribution in [0.2, 0.25) is 5.02 Å². The molecule has 4 heteroatoms. The highest BCUT2D eigenvalue weighted by atomic mass is 35.5. The monoisotopic (exact) mass is 252 g/mol. The van der Waals surface area contributed by atoms with Gasteiger partial charge in [-0.1, -0.05) is 23.7 Å². The van der Waals surface area contributed by atoms with Gasteiger partial charge in [-0.2, -0.15) is 0 Å². The summed E-state index contributed by atoms with van der Waals surface area (Å²) in [6.45, 7) is 3.47. The SMILES string of the molecule is CN1CCN(Cc2ccc(Cl)cc2)CCC1=O. The Hall–Kier alpha value is -1.06. The molecule has 1 saturated heterocycles. The summed E-state index contributed by atoms with van der Waals surface area (Å²) < 4.78 is 0. The molecular formula is C13H17ClN2O. The third-order valence-electron chi connectivity index (χ3n) is 3.14. The average Bonchev–Trinajstić information content (AvgIpc) is 2.48. The van der Waals surface area contributed by atoms with Crippen LogP contribution in [0, 0.1) is 0 Å². The maximum atomic E-state index is 11.5. The maximum absolute atomic E-state index is 11.5. The van der Waals surface area contributed by atoms with Crippen LogP contribution in [-0.4, -0.2) is 42.4 Å². The summed E-state index contributed by atoms with van der Waals surface area (Å²) in [5, 5.41) is 0.763. The third kappa shape index (κ3) is 3.45. The molecule has 1 aliphatic rings. The van der Waals surface area contributed by atoms with Crippen LogP contribution < -0.4 is 0 Å². The molecule has 0 N–H and O–H groups in total. The van der Waals surface area contributed by atoms with E-state index in [0.29, 0.717) is 6.42 Å². The van der Waals surface area contributed by atoms with Crippen molar-refractivity contribution >= 4 is 17.5 Å². The summed E-state index contributed by atoms with van der Waals surface area (Å²) in [6.07, 6.45) is 0.615. The first-order chi connectivity index (χ1) is 8.15. The van der Waals surface area contributed by atoms with Gasteiger partial charge in [-0.3, -0.25) is 9.69 Å². The van der Waals surface area contributed by atoms with Crippen LogP contribution in [0.4, 0.5) is 0 Å². The Balaban J connectivity index is 1.95. The van der Waals surface area contributed by atoms with Crippen LogP contribution in [0.3, 0.4) is 0 Å². The highest BCUT2D eigenvalue weighted by Crippen LogP contribution is 2.12. The van der Waals surface area contributed by atoms with Crippen LogP contribution in [0.25, 0.3) is 0 Å². The molecule has 3 nitrogen and oxygen atoms in total. The van der Waals surface area contributed by atoms with Crippen molar-refractivity contribution in [2.45, 2.75) is 13.0 Å². The van der Waals surface area contributed by atoms with Gasteiger partial charge >= 0.3 is 0 Å². The van der Waals surface area contributed by atoms with E-state index in [4.69, 9.17) is 11.6 Å². The summed E-state index contributed by atoms with van der Waals surface area (Å²) in [6, 6.07) is 7.90. The lowest BCUT2D eigenvalue weighted by Crippen LogP contribution is -2.29. The predicted molar refractivity (Wildman–Crippen MR) is 69.0 cm³/mol. The van der Waals surface area contributed by atoms with Gasteiger partial charge in [0.15, 0.2) is 0 Å². The number of carbonyl (C=O) groups excluding carboxylic acids is 1. The van der Waals surface area contributed by atoms with E-state index in [0.717, 1.165) is 31.2 Å². The van der Waals surface area contributed by atoms with E-state index < -0.39 is 0 Å². The number of amides is 1. The van der Waals surface area contributed by atoms with Crippen molar-refractivity contribution in [1.29, 1.82) is 0 Å². The second-order valence-corrected chi connectivity index (χ2v) is 4.90. The van der Waals surface area contributed by atoms with Crippen molar-refractivity contribution < 1.29 is 4.79 Å². The van der Waals surface area contributed by atoms with Crippen LogP contribution in [-0.2, 0) is 11.3 Å². The zero-order valence-corrected chi connectivity index (χ0v) is 10.8. The molecule has 0 spiro atoms. The lowest BCUT2D eigenvalue weighted by molar-refractivity contribution is -0.129. The van der Waals surface area contributed by atoms with Crippen molar-refractivity contribution in [2.24, 2.45) is 0 Å². The number of rotatable bonds is 2. The molecule has 17 heavy (non-hydrogen) atoms. The van der Waals surface area contributed by atoms with Gasteiger partial charge in [0.25, 0.3) is 0 Å². The third-order valence-corrected chi connectivity index (χ3v) is 3.39. The minimum absolute atomic E-state index is 0.239. The molecule has 1 aliphatic heterocycles. The zero-order chi connectivity index (χ0) is 12.3. The zero-order valence-electron chi connectivity index (χ0n) is 10.0. The molecule has 1 aromatic carbocycles. The van der Waals surface area contributed by atoms with E-state index in [-0.39, 0.29) is 5.91 Å². The Morgan fingerprint density at radius 2 is 1.88 bits per heavy atom. The number of nitrogens with zero attached hydrogens (tertiary/aromatic N) is 2. The van der Waals surface area contributed by atoms with E-state index >= 15 is 0 Å². The molecule has 1 fully saturated rings. The van der Waals surface area contributed by atoms with Gasteiger partial charge in [-0.05, 0) is 17.7 Å².